The zero-order valence-electron chi connectivity index (χ0n) is 1.79. The second-order valence-electron chi connectivity index (χ2n) is 0. The molecule has 0 nitrogen and oxygen atoms in total. The monoisotopic (exact) mass is 488 g/mol. The molecule has 0 atom stereocenters. The topological polar surface area (TPSA) is 0 Å². The van der Waals surface area contributed by atoms with E-state index in [1.165, 1.54) is 0 Å². The van der Waals surface area contributed by atoms with Crippen LogP contribution >= 0.6 is 0 Å². The van der Waals surface area contributed by atoms with Crippen molar-refractivity contribution in [2.24, 2.45) is 0 Å². The Hall–Kier alpha value is 3.10. The van der Waals surface area contributed by atoms with E-state index < -0.39 is 0 Å². The molecule has 0 aliphatic rings. The van der Waals surface area contributed by atoms with Crippen molar-refractivity contribution in [1.29, 1.82) is 0 Å². The fourth-order valence-corrected chi connectivity index (χ4v) is 0. The van der Waals surface area contributed by atoms with Crippen molar-refractivity contribution < 1.29 is 67.1 Å². The molecule has 20 valence electrons. The fourth-order valence-electron chi connectivity index (χ4n) is 0. The number of hydrogen-bond donors (Lipinski definition) is 0. The van der Waals surface area contributed by atoms with Gasteiger partial charge in [0.2, 0.25) is 0 Å². The van der Waals surface area contributed by atoms with E-state index in [0.29, 0.717) is 0 Å². The normalized spacial score (nSPS) is 0. The SMILES string of the molecule is [Bi].[Nb].[Nb].[Nb]. The smallest absolute Gasteiger partial charge is 0 e. The summed E-state index contributed by atoms with van der Waals surface area (Å²) in [6.45, 7) is 0. The van der Waals surface area contributed by atoms with Gasteiger partial charge in [-0.3, -0.25) is 0 Å². The van der Waals surface area contributed by atoms with Crippen molar-refractivity contribution in [3.05, 3.63) is 0 Å². The zero-order valence-corrected chi connectivity index (χ0v) is 11.9. The van der Waals surface area contributed by atoms with Crippen molar-refractivity contribution >= 4 is 26.2 Å². The summed E-state index contributed by atoms with van der Waals surface area (Å²) in [4.78, 5) is 0. The molecule has 0 heterocycles. The van der Waals surface area contributed by atoms with E-state index in [2.05, 4.69) is 0 Å². The van der Waals surface area contributed by atoms with Gasteiger partial charge >= 0.3 is 0 Å². The van der Waals surface area contributed by atoms with Crippen LogP contribution in [-0.4, -0.2) is 26.2 Å². The van der Waals surface area contributed by atoms with Gasteiger partial charge in [-0.05, 0) is 0 Å². The van der Waals surface area contributed by atoms with Crippen LogP contribution in [0.15, 0.2) is 0 Å². The fraction of sp³-hybridized carbons (Fsp3) is 0. The van der Waals surface area contributed by atoms with E-state index in [-0.39, 0.29) is 93.3 Å². The Morgan fingerprint density at radius 3 is 0.500 bits per heavy atom. The first kappa shape index (κ1) is 27.5. The van der Waals surface area contributed by atoms with Gasteiger partial charge in [0.15, 0.2) is 0 Å². The summed E-state index contributed by atoms with van der Waals surface area (Å²) in [6.07, 6.45) is 0. The van der Waals surface area contributed by atoms with Crippen LogP contribution in [0.4, 0.5) is 0 Å². The van der Waals surface area contributed by atoms with E-state index in [1.807, 2.05) is 0 Å². The summed E-state index contributed by atoms with van der Waals surface area (Å²) >= 11 is 0. The van der Waals surface area contributed by atoms with Crippen LogP contribution < -0.4 is 0 Å². The average molecular weight is 488 g/mol. The van der Waals surface area contributed by atoms with Gasteiger partial charge in [-0.1, -0.05) is 0 Å². The van der Waals surface area contributed by atoms with Gasteiger partial charge in [-0.25, -0.2) is 0 Å². The minimum atomic E-state index is 0. The molecule has 0 aromatic carbocycles. The van der Waals surface area contributed by atoms with Crippen LogP contribution in [0.3, 0.4) is 0 Å². The molecular weight excluding hydrogens is 488 g/mol. The summed E-state index contributed by atoms with van der Waals surface area (Å²) < 4.78 is 0. The van der Waals surface area contributed by atoms with Gasteiger partial charge in [0.1, 0.15) is 0 Å². The van der Waals surface area contributed by atoms with Crippen molar-refractivity contribution in [3.8, 4) is 0 Å². The van der Waals surface area contributed by atoms with Crippen LogP contribution in [0.1, 0.15) is 0 Å². The molecule has 0 bridgehead atoms. The molecule has 0 unspecified atom stereocenters. The van der Waals surface area contributed by atoms with Gasteiger partial charge in [-0.15, -0.1) is 0 Å². The predicted molar refractivity (Wildman–Crippen MR) is 5.75 cm³/mol. The molecule has 0 saturated carbocycles. The van der Waals surface area contributed by atoms with E-state index in [0.717, 1.165) is 0 Å². The first-order valence-electron chi connectivity index (χ1n) is 0. The molecule has 0 N–H and O–H groups in total. The second-order valence-corrected chi connectivity index (χ2v) is 0. The first-order chi connectivity index (χ1) is 0. The van der Waals surface area contributed by atoms with Gasteiger partial charge in [0.05, 0.1) is 0 Å². The molecule has 0 saturated heterocycles. The van der Waals surface area contributed by atoms with E-state index >= 15 is 0 Å². The van der Waals surface area contributed by atoms with E-state index in [1.54, 1.807) is 0 Å². The zero-order chi connectivity index (χ0) is 0. The van der Waals surface area contributed by atoms with Crippen molar-refractivity contribution in [2.45, 2.75) is 0 Å². The Labute approximate surface area is 91.5 Å². The van der Waals surface area contributed by atoms with Gasteiger partial charge in [-0.2, -0.15) is 0 Å². The van der Waals surface area contributed by atoms with Crippen LogP contribution in [-0.2, 0) is 67.1 Å². The first-order valence-corrected chi connectivity index (χ1v) is 0. The summed E-state index contributed by atoms with van der Waals surface area (Å²) in [5, 5.41) is 0. The van der Waals surface area contributed by atoms with Crippen LogP contribution in [0.25, 0.3) is 0 Å². The third-order valence-corrected chi connectivity index (χ3v) is 0. The van der Waals surface area contributed by atoms with Crippen LogP contribution in [0.2, 0.25) is 0 Å². The molecule has 0 spiro atoms. The molecule has 0 aliphatic heterocycles. The molecular formula is BiNb3. The molecule has 0 aromatic heterocycles. The Morgan fingerprint density at radius 1 is 0.500 bits per heavy atom. The third-order valence-electron chi connectivity index (χ3n) is 0. The Bertz CT molecular complexity index is 3.25. The van der Waals surface area contributed by atoms with Crippen molar-refractivity contribution in [3.63, 3.8) is 0 Å². The standard InChI is InChI=1S/Bi.3Nb. The van der Waals surface area contributed by atoms with Crippen molar-refractivity contribution in [1.82, 2.24) is 0 Å². The molecule has 4 heavy (non-hydrogen) atoms. The quantitative estimate of drug-likeness (QED) is 0.409. The molecule has 4 heteroatoms. The van der Waals surface area contributed by atoms with Gasteiger partial charge in [0.25, 0.3) is 0 Å². The summed E-state index contributed by atoms with van der Waals surface area (Å²) in [6, 6.07) is 0. The molecule has 0 fully saturated rings. The van der Waals surface area contributed by atoms with Gasteiger partial charge in [0, 0.05) is 93.3 Å². The maximum Gasteiger partial charge on any atom is 0 e. The predicted octanol–water partition coefficient (Wildman–Crippen LogP) is -0.388. The minimum Gasteiger partial charge on any atom is 0 e. The van der Waals surface area contributed by atoms with Crippen molar-refractivity contribution in [2.75, 3.05) is 0 Å². The van der Waals surface area contributed by atoms with Gasteiger partial charge < -0.3 is 0 Å². The van der Waals surface area contributed by atoms with Crippen LogP contribution in [0, 0.1) is 0 Å². The number of rotatable bonds is 0. The molecule has 0 rings (SSSR count). The minimum absolute atomic E-state index is 0. The van der Waals surface area contributed by atoms with E-state index in [9.17, 15) is 0 Å². The Kier molecular flexibility index (Phi) is 113. The largest absolute Gasteiger partial charge is 0 e. The maximum atomic E-state index is 0. The summed E-state index contributed by atoms with van der Waals surface area (Å²) in [5.74, 6) is 0. The van der Waals surface area contributed by atoms with E-state index in [4.69, 9.17) is 0 Å². The summed E-state index contributed by atoms with van der Waals surface area (Å²) in [7, 11) is 0. The average Bonchev–Trinajstić information content (AvgIpc) is 0. The van der Waals surface area contributed by atoms with Crippen LogP contribution in [0.5, 0.6) is 0 Å². The number of hydrogen-bond acceptors (Lipinski definition) is 0. The third kappa shape index (κ3) is 8.92. The molecule has 6 radical (unpaired) electrons. The molecule has 0 amide bonds. The maximum absolute atomic E-state index is 0. The summed E-state index contributed by atoms with van der Waals surface area (Å²) in [5.41, 5.74) is 0. The second kappa shape index (κ2) is 16.5. The molecule has 0 aromatic rings. The Balaban J connectivity index is 0. The Morgan fingerprint density at radius 2 is 0.500 bits per heavy atom. The molecule has 0 aliphatic carbocycles.